The minimum absolute atomic E-state index is 0.293. The average Bonchev–Trinajstić information content (AvgIpc) is 2.73. The van der Waals surface area contributed by atoms with E-state index in [2.05, 4.69) is 15.4 Å². The third-order valence-corrected chi connectivity index (χ3v) is 6.18. The van der Waals surface area contributed by atoms with E-state index in [1.807, 2.05) is 31.2 Å². The number of rotatable bonds is 5. The number of carbonyl (C=O) groups is 1. The van der Waals surface area contributed by atoms with Gasteiger partial charge in [-0.3, -0.25) is 0 Å². The summed E-state index contributed by atoms with van der Waals surface area (Å²) in [5.41, 5.74) is 7.09. The number of anilines is 1. The highest BCUT2D eigenvalue weighted by Gasteiger charge is 2.36. The van der Waals surface area contributed by atoms with Crippen molar-refractivity contribution >= 4 is 29.1 Å². The van der Waals surface area contributed by atoms with Gasteiger partial charge in [0.05, 0.1) is 29.4 Å². The Balaban J connectivity index is 1.93. The molecule has 0 amide bonds. The van der Waals surface area contributed by atoms with Crippen molar-refractivity contribution in [2.75, 3.05) is 12.0 Å². The maximum Gasteiger partial charge on any atom is 0.423 e. The first-order valence-corrected chi connectivity index (χ1v) is 11.2. The van der Waals surface area contributed by atoms with Crippen molar-refractivity contribution in [2.24, 2.45) is 0 Å². The van der Waals surface area contributed by atoms with E-state index in [0.717, 1.165) is 31.4 Å². The molecule has 28 heavy (non-hydrogen) atoms. The summed E-state index contributed by atoms with van der Waals surface area (Å²) in [4.78, 5) is 12.9. The third kappa shape index (κ3) is 5.40. The lowest BCUT2D eigenvalue weighted by Crippen LogP contribution is -2.51. The van der Waals surface area contributed by atoms with Gasteiger partial charge in [0.25, 0.3) is 0 Å². The second-order valence-electron chi connectivity index (χ2n) is 7.79. The number of hydrogen-bond donors (Lipinski definition) is 2. The first-order valence-electron chi connectivity index (χ1n) is 10.8. The number of para-hydroxylation sites is 1. The molecule has 6 heteroatoms. The fraction of sp³-hybridized carbons (Fsp3) is 0.636. The highest BCUT2D eigenvalue weighted by molar-refractivity contribution is 6.34. The van der Waals surface area contributed by atoms with Crippen LogP contribution in [0.2, 0.25) is 5.02 Å². The van der Waals surface area contributed by atoms with Crippen LogP contribution < -0.4 is 10.9 Å². The summed E-state index contributed by atoms with van der Waals surface area (Å²) in [5.74, 6) is 0.235. The number of carbonyl (C=O) groups excluding carboxylic acids is 1. The van der Waals surface area contributed by atoms with E-state index in [4.69, 9.17) is 16.3 Å². The van der Waals surface area contributed by atoms with Gasteiger partial charge in [0, 0.05) is 0 Å². The highest BCUT2D eigenvalue weighted by Crippen LogP contribution is 2.28. The molecule has 2 fully saturated rings. The molecule has 0 aliphatic heterocycles. The van der Waals surface area contributed by atoms with Crippen LogP contribution in [0.15, 0.2) is 24.3 Å². The molecule has 3 rings (SSSR count). The van der Waals surface area contributed by atoms with Gasteiger partial charge in [-0.05, 0) is 70.4 Å². The van der Waals surface area contributed by atoms with E-state index in [0.29, 0.717) is 29.5 Å². The molecule has 0 saturated heterocycles. The predicted molar refractivity (Wildman–Crippen MR) is 114 cm³/mol. The highest BCUT2D eigenvalue weighted by atomic mass is 35.5. The van der Waals surface area contributed by atoms with Gasteiger partial charge in [0.1, 0.15) is 0 Å². The maximum absolute atomic E-state index is 12.9. The number of halogens is 1. The fourth-order valence-electron chi connectivity index (χ4n) is 4.49. The topological polar surface area (TPSA) is 53.4 Å². The van der Waals surface area contributed by atoms with E-state index in [1.165, 1.54) is 38.5 Å². The number of esters is 1. The van der Waals surface area contributed by atoms with Crippen LogP contribution >= 0.6 is 11.6 Å². The van der Waals surface area contributed by atoms with Gasteiger partial charge in [-0.25, -0.2) is 14.8 Å². The molecule has 0 spiro atoms. The standard InChI is InChI=1S/C22H32ClN3O2/c1-2-28-22(27)21(25-24-20-16-10-9-15-19(20)23)26(17-11-5-3-6-12-17)18-13-7-4-8-14-18/h9-10,15-18H,2-8,11-14H2,1H3,(H,24,27)/p+1. The Morgan fingerprint density at radius 3 is 2.14 bits per heavy atom. The van der Waals surface area contributed by atoms with Crippen LogP contribution in [-0.2, 0) is 9.53 Å². The summed E-state index contributed by atoms with van der Waals surface area (Å²) in [6, 6.07) is 8.30. The van der Waals surface area contributed by atoms with E-state index in [1.54, 1.807) is 0 Å². The van der Waals surface area contributed by atoms with Gasteiger partial charge < -0.3 is 4.74 Å². The summed E-state index contributed by atoms with van der Waals surface area (Å²) in [6.07, 6.45) is 12.0. The lowest BCUT2D eigenvalue weighted by atomic mass is 9.89. The number of nitrogens with one attached hydrogen (secondary N) is 2. The number of amidine groups is 1. The Bertz CT molecular complexity index is 660. The van der Waals surface area contributed by atoms with E-state index >= 15 is 0 Å². The van der Waals surface area contributed by atoms with Crippen LogP contribution in [0, 0.1) is 0 Å². The number of hydrazine groups is 1. The quantitative estimate of drug-likeness (QED) is 0.240. The van der Waals surface area contributed by atoms with Crippen LogP contribution in [0.1, 0.15) is 71.1 Å². The zero-order valence-corrected chi connectivity index (χ0v) is 17.6. The van der Waals surface area contributed by atoms with Crippen molar-refractivity contribution in [1.82, 2.24) is 5.43 Å². The molecule has 0 aromatic heterocycles. The molecule has 0 bridgehead atoms. The smallest absolute Gasteiger partial charge is 0.423 e. The minimum Gasteiger partial charge on any atom is -0.457 e. The number of nitrogens with zero attached hydrogens (tertiary/aromatic N) is 1. The molecule has 2 aliphatic carbocycles. The molecule has 5 nitrogen and oxygen atoms in total. The summed E-state index contributed by atoms with van der Waals surface area (Å²) >= 11 is 6.28. The van der Waals surface area contributed by atoms with Crippen LogP contribution in [0.25, 0.3) is 0 Å². The van der Waals surface area contributed by atoms with E-state index in [9.17, 15) is 4.79 Å². The van der Waals surface area contributed by atoms with E-state index in [-0.39, 0.29) is 5.97 Å². The number of ether oxygens (including phenoxy) is 1. The van der Waals surface area contributed by atoms with Crippen LogP contribution in [-0.4, -0.2) is 35.1 Å². The van der Waals surface area contributed by atoms with Crippen LogP contribution in [0.4, 0.5) is 5.69 Å². The number of benzene rings is 1. The maximum atomic E-state index is 12.9. The first-order chi connectivity index (χ1) is 13.7. The Hall–Kier alpha value is -1.75. The van der Waals surface area contributed by atoms with Gasteiger partial charge in [0.2, 0.25) is 0 Å². The van der Waals surface area contributed by atoms with Gasteiger partial charge >= 0.3 is 11.8 Å². The molecule has 0 atom stereocenters. The molecule has 2 saturated carbocycles. The predicted octanol–water partition coefficient (Wildman–Crippen LogP) is 4.90. The van der Waals surface area contributed by atoms with Crippen molar-refractivity contribution in [2.45, 2.75) is 83.2 Å². The van der Waals surface area contributed by atoms with Gasteiger partial charge in [-0.15, -0.1) is 0 Å². The minimum atomic E-state index is -0.293. The van der Waals surface area contributed by atoms with Crippen LogP contribution in [0.5, 0.6) is 0 Å². The summed E-state index contributed by atoms with van der Waals surface area (Å²) < 4.78 is 7.78. The second kappa shape index (κ2) is 10.7. The Morgan fingerprint density at radius 1 is 1.04 bits per heavy atom. The Morgan fingerprint density at radius 2 is 1.61 bits per heavy atom. The Labute approximate surface area is 173 Å². The van der Waals surface area contributed by atoms with Crippen LogP contribution in [0.3, 0.4) is 0 Å². The summed E-state index contributed by atoms with van der Waals surface area (Å²) in [7, 11) is 0. The largest absolute Gasteiger partial charge is 0.457 e. The summed E-state index contributed by atoms with van der Waals surface area (Å²) in [6.45, 7) is 2.21. The normalized spacial score (nSPS) is 18.4. The molecule has 2 N–H and O–H groups in total. The van der Waals surface area contributed by atoms with Crippen molar-refractivity contribution in [1.29, 1.82) is 0 Å². The molecule has 0 unspecified atom stereocenters. The molecule has 2 aliphatic rings. The fourth-order valence-corrected chi connectivity index (χ4v) is 4.67. The lowest BCUT2D eigenvalue weighted by Gasteiger charge is -2.32. The molecular formula is C22H33ClN3O2+. The van der Waals surface area contributed by atoms with Gasteiger partial charge in [-0.1, -0.05) is 36.6 Å². The molecule has 1 aromatic rings. The zero-order chi connectivity index (χ0) is 19.8. The van der Waals surface area contributed by atoms with Gasteiger partial charge in [0.15, 0.2) is 0 Å². The molecule has 1 aromatic carbocycles. The van der Waals surface area contributed by atoms with Crippen molar-refractivity contribution < 1.29 is 14.1 Å². The monoisotopic (exact) mass is 406 g/mol. The van der Waals surface area contributed by atoms with Crippen molar-refractivity contribution in [3.63, 3.8) is 0 Å². The number of hydrogen-bond acceptors (Lipinski definition) is 3. The lowest BCUT2D eigenvalue weighted by molar-refractivity contribution is -0.608. The molecular weight excluding hydrogens is 374 g/mol. The van der Waals surface area contributed by atoms with Crippen molar-refractivity contribution in [3.05, 3.63) is 29.3 Å². The summed E-state index contributed by atoms with van der Waals surface area (Å²) in [5, 5.41) is 0.611. The Kier molecular flexibility index (Phi) is 8.01. The third-order valence-electron chi connectivity index (χ3n) is 5.85. The molecule has 154 valence electrons. The molecule has 0 radical (unpaired) electrons. The average molecular weight is 407 g/mol. The zero-order valence-electron chi connectivity index (χ0n) is 16.9. The first kappa shape index (κ1) is 21.0. The SMILES string of the molecule is CCOC(=O)C(NNc1ccccc1Cl)=[N+](C1CCCCC1)C1CCCCC1. The second-order valence-corrected chi connectivity index (χ2v) is 8.20. The van der Waals surface area contributed by atoms with Gasteiger partial charge in [-0.2, -0.15) is 5.43 Å². The molecule has 0 heterocycles. The van der Waals surface area contributed by atoms with E-state index < -0.39 is 0 Å². The van der Waals surface area contributed by atoms with Crippen molar-refractivity contribution in [3.8, 4) is 0 Å².